The maximum absolute atomic E-state index is 12.4. The number of amides is 1. The van der Waals surface area contributed by atoms with Crippen LogP contribution in [-0.4, -0.2) is 64.7 Å². The minimum Gasteiger partial charge on any atom is -0.368 e. The SMILES string of the molecule is O=C(C1CCCO1)N1CCN(Cc2nc(-c3ccc(Cl)cc3)no2)CC1. The van der Waals surface area contributed by atoms with Crippen molar-refractivity contribution in [3.8, 4) is 11.4 Å². The van der Waals surface area contributed by atoms with Gasteiger partial charge >= 0.3 is 0 Å². The topological polar surface area (TPSA) is 71.7 Å². The smallest absolute Gasteiger partial charge is 0.251 e. The summed E-state index contributed by atoms with van der Waals surface area (Å²) in [6.07, 6.45) is 1.58. The first kappa shape index (κ1) is 17.5. The predicted octanol–water partition coefficient (Wildman–Crippen LogP) is 2.21. The number of carbonyl (C=O) groups is 1. The molecule has 2 aliphatic rings. The van der Waals surface area contributed by atoms with E-state index in [1.54, 1.807) is 12.1 Å². The summed E-state index contributed by atoms with van der Waals surface area (Å²) in [5, 5.41) is 4.71. The molecule has 2 aromatic rings. The second-order valence-electron chi connectivity index (χ2n) is 6.62. The zero-order valence-corrected chi connectivity index (χ0v) is 15.2. The van der Waals surface area contributed by atoms with Gasteiger partial charge in [-0.15, -0.1) is 0 Å². The van der Waals surface area contributed by atoms with E-state index in [0.29, 0.717) is 43.0 Å². The summed E-state index contributed by atoms with van der Waals surface area (Å²) in [4.78, 5) is 21.0. The van der Waals surface area contributed by atoms with Crippen molar-refractivity contribution in [1.29, 1.82) is 0 Å². The number of nitrogens with zero attached hydrogens (tertiary/aromatic N) is 4. The predicted molar refractivity (Wildman–Crippen MR) is 95.6 cm³/mol. The van der Waals surface area contributed by atoms with Gasteiger partial charge in [0.05, 0.1) is 6.54 Å². The molecule has 2 aliphatic heterocycles. The van der Waals surface area contributed by atoms with Gasteiger partial charge in [0.15, 0.2) is 0 Å². The highest BCUT2D eigenvalue weighted by Crippen LogP contribution is 2.20. The van der Waals surface area contributed by atoms with Crippen LogP contribution in [0.15, 0.2) is 28.8 Å². The van der Waals surface area contributed by atoms with Crippen LogP contribution < -0.4 is 0 Å². The van der Waals surface area contributed by atoms with Crippen molar-refractivity contribution < 1.29 is 14.1 Å². The van der Waals surface area contributed by atoms with E-state index in [1.165, 1.54) is 0 Å². The van der Waals surface area contributed by atoms with Gasteiger partial charge in [0.2, 0.25) is 11.7 Å². The van der Waals surface area contributed by atoms with E-state index in [1.807, 2.05) is 17.0 Å². The van der Waals surface area contributed by atoms with Crippen LogP contribution in [0.1, 0.15) is 18.7 Å². The van der Waals surface area contributed by atoms with Gasteiger partial charge in [0.25, 0.3) is 5.91 Å². The van der Waals surface area contributed by atoms with Gasteiger partial charge in [-0.1, -0.05) is 16.8 Å². The number of carbonyl (C=O) groups excluding carboxylic acids is 1. The van der Waals surface area contributed by atoms with Crippen LogP contribution in [0.5, 0.6) is 0 Å². The number of piperazine rings is 1. The van der Waals surface area contributed by atoms with Gasteiger partial charge in [-0.2, -0.15) is 4.98 Å². The maximum atomic E-state index is 12.4. The Morgan fingerprint density at radius 1 is 1.19 bits per heavy atom. The molecule has 0 radical (unpaired) electrons. The fraction of sp³-hybridized carbons (Fsp3) is 0.500. The quantitative estimate of drug-likeness (QED) is 0.814. The fourth-order valence-corrected chi connectivity index (χ4v) is 3.46. The number of rotatable bonds is 4. The summed E-state index contributed by atoms with van der Waals surface area (Å²) >= 11 is 5.90. The molecule has 138 valence electrons. The molecular weight excluding hydrogens is 356 g/mol. The number of halogens is 1. The van der Waals surface area contributed by atoms with Crippen LogP contribution in [0, 0.1) is 0 Å². The fourth-order valence-electron chi connectivity index (χ4n) is 3.33. The Morgan fingerprint density at radius 2 is 1.96 bits per heavy atom. The Labute approximate surface area is 156 Å². The normalized spacial score (nSPS) is 21.3. The Hall–Kier alpha value is -1.96. The third kappa shape index (κ3) is 3.90. The molecule has 26 heavy (non-hydrogen) atoms. The number of aromatic nitrogens is 2. The van der Waals surface area contributed by atoms with Gasteiger partial charge in [-0.3, -0.25) is 9.69 Å². The average Bonchev–Trinajstić information content (AvgIpc) is 3.35. The molecule has 3 heterocycles. The van der Waals surface area contributed by atoms with E-state index in [9.17, 15) is 4.79 Å². The van der Waals surface area contributed by atoms with Gasteiger partial charge in [0, 0.05) is 43.4 Å². The highest BCUT2D eigenvalue weighted by atomic mass is 35.5. The van der Waals surface area contributed by atoms with Crippen LogP contribution in [0.2, 0.25) is 5.02 Å². The van der Waals surface area contributed by atoms with Crippen molar-refractivity contribution in [3.05, 3.63) is 35.2 Å². The molecule has 0 saturated carbocycles. The lowest BCUT2D eigenvalue weighted by atomic mass is 10.2. The number of benzene rings is 1. The van der Waals surface area contributed by atoms with E-state index in [0.717, 1.165) is 31.5 Å². The summed E-state index contributed by atoms with van der Waals surface area (Å²) in [5.41, 5.74) is 0.872. The molecule has 0 N–H and O–H groups in total. The second-order valence-corrected chi connectivity index (χ2v) is 7.06. The maximum Gasteiger partial charge on any atom is 0.251 e. The van der Waals surface area contributed by atoms with Crippen molar-refractivity contribution >= 4 is 17.5 Å². The van der Waals surface area contributed by atoms with Gasteiger partial charge in [-0.25, -0.2) is 0 Å². The summed E-state index contributed by atoms with van der Waals surface area (Å²) in [6, 6.07) is 7.34. The van der Waals surface area contributed by atoms with Crippen molar-refractivity contribution in [2.75, 3.05) is 32.8 Å². The lowest BCUT2D eigenvalue weighted by molar-refractivity contribution is -0.142. The van der Waals surface area contributed by atoms with Crippen molar-refractivity contribution in [1.82, 2.24) is 19.9 Å². The van der Waals surface area contributed by atoms with Crippen LogP contribution in [0.4, 0.5) is 0 Å². The molecule has 8 heteroatoms. The molecule has 0 aliphatic carbocycles. The van der Waals surface area contributed by atoms with Crippen molar-refractivity contribution in [2.24, 2.45) is 0 Å². The Morgan fingerprint density at radius 3 is 2.65 bits per heavy atom. The number of hydrogen-bond acceptors (Lipinski definition) is 6. The molecule has 2 fully saturated rings. The van der Waals surface area contributed by atoms with Gasteiger partial charge in [-0.05, 0) is 37.1 Å². The molecule has 4 rings (SSSR count). The zero-order chi connectivity index (χ0) is 17.9. The van der Waals surface area contributed by atoms with Crippen LogP contribution in [0.3, 0.4) is 0 Å². The van der Waals surface area contributed by atoms with Crippen LogP contribution in [-0.2, 0) is 16.1 Å². The lowest BCUT2D eigenvalue weighted by Crippen LogP contribution is -2.51. The van der Waals surface area contributed by atoms with Crippen molar-refractivity contribution in [3.63, 3.8) is 0 Å². The third-order valence-corrected chi connectivity index (χ3v) is 5.07. The monoisotopic (exact) mass is 376 g/mol. The van der Waals surface area contributed by atoms with Gasteiger partial charge < -0.3 is 14.2 Å². The Bertz CT molecular complexity index is 750. The summed E-state index contributed by atoms with van der Waals surface area (Å²) in [5.74, 6) is 1.27. The van der Waals surface area contributed by atoms with E-state index in [-0.39, 0.29) is 12.0 Å². The zero-order valence-electron chi connectivity index (χ0n) is 14.4. The minimum atomic E-state index is -0.237. The van der Waals surface area contributed by atoms with Crippen LogP contribution >= 0.6 is 11.6 Å². The second kappa shape index (κ2) is 7.73. The van der Waals surface area contributed by atoms with E-state index >= 15 is 0 Å². The largest absolute Gasteiger partial charge is 0.368 e. The Kier molecular flexibility index (Phi) is 5.19. The summed E-state index contributed by atoms with van der Waals surface area (Å²) < 4.78 is 10.9. The van der Waals surface area contributed by atoms with E-state index in [4.69, 9.17) is 20.9 Å². The summed E-state index contributed by atoms with van der Waals surface area (Å²) in [7, 11) is 0. The highest BCUT2D eigenvalue weighted by molar-refractivity contribution is 6.30. The standard InChI is InChI=1S/C18H21ClN4O3/c19-14-5-3-13(4-6-14)17-20-16(26-21-17)12-22-7-9-23(10-8-22)18(24)15-2-1-11-25-15/h3-6,15H,1-2,7-12H2. The van der Waals surface area contributed by atoms with Crippen molar-refractivity contribution in [2.45, 2.75) is 25.5 Å². The molecular formula is C18H21ClN4O3. The average molecular weight is 377 g/mol. The lowest BCUT2D eigenvalue weighted by Gasteiger charge is -2.35. The van der Waals surface area contributed by atoms with E-state index in [2.05, 4.69) is 15.0 Å². The Balaban J connectivity index is 1.30. The molecule has 7 nitrogen and oxygen atoms in total. The summed E-state index contributed by atoms with van der Waals surface area (Å²) in [6.45, 7) is 4.27. The van der Waals surface area contributed by atoms with Crippen LogP contribution in [0.25, 0.3) is 11.4 Å². The molecule has 1 aromatic carbocycles. The first-order valence-corrected chi connectivity index (χ1v) is 9.28. The van der Waals surface area contributed by atoms with Gasteiger partial charge in [0.1, 0.15) is 6.10 Å². The molecule has 1 amide bonds. The molecule has 1 aromatic heterocycles. The first-order chi connectivity index (χ1) is 12.7. The number of ether oxygens (including phenoxy) is 1. The molecule has 2 saturated heterocycles. The molecule has 1 atom stereocenters. The highest BCUT2D eigenvalue weighted by Gasteiger charge is 2.30. The molecule has 0 bridgehead atoms. The number of hydrogen-bond donors (Lipinski definition) is 0. The molecule has 1 unspecified atom stereocenters. The minimum absolute atomic E-state index is 0.130. The molecule has 0 spiro atoms. The third-order valence-electron chi connectivity index (χ3n) is 4.82. The van der Waals surface area contributed by atoms with E-state index < -0.39 is 0 Å². The first-order valence-electron chi connectivity index (χ1n) is 8.90.